The van der Waals surface area contributed by atoms with Crippen LogP contribution in [-0.2, 0) is 13.0 Å². The third kappa shape index (κ3) is 2.81. The van der Waals surface area contributed by atoms with E-state index in [1.807, 2.05) is 30.7 Å². The van der Waals surface area contributed by atoms with E-state index in [-0.39, 0.29) is 6.04 Å². The molecule has 0 bridgehead atoms. The summed E-state index contributed by atoms with van der Waals surface area (Å²) in [6.45, 7) is 0.909. The predicted molar refractivity (Wildman–Crippen MR) is 82.7 cm³/mol. The second-order valence-corrected chi connectivity index (χ2v) is 5.56. The largest absolute Gasteiger partial charge is 0.333 e. The summed E-state index contributed by atoms with van der Waals surface area (Å²) in [5.41, 5.74) is 9.89. The van der Waals surface area contributed by atoms with Crippen molar-refractivity contribution in [2.75, 3.05) is 0 Å². The van der Waals surface area contributed by atoms with Crippen LogP contribution in [0.4, 0.5) is 0 Å². The molecule has 0 spiro atoms. The van der Waals surface area contributed by atoms with Crippen LogP contribution in [0.2, 0.25) is 0 Å². The highest BCUT2D eigenvalue weighted by Crippen LogP contribution is 2.19. The number of aryl methyl sites for hydroxylation is 2. The Morgan fingerprint density at radius 1 is 1.20 bits per heavy atom. The number of benzene rings is 1. The first kappa shape index (κ1) is 13.1. The van der Waals surface area contributed by atoms with Gasteiger partial charge in [0.2, 0.25) is 0 Å². The fourth-order valence-electron chi connectivity index (χ4n) is 2.29. The van der Waals surface area contributed by atoms with E-state index in [1.165, 1.54) is 5.56 Å². The molecule has 0 aliphatic heterocycles. The van der Waals surface area contributed by atoms with E-state index in [1.54, 1.807) is 11.3 Å². The number of rotatable bonds is 5. The van der Waals surface area contributed by atoms with E-state index in [9.17, 15) is 0 Å². The lowest BCUT2D eigenvalue weighted by atomic mass is 10.1. The van der Waals surface area contributed by atoms with Crippen molar-refractivity contribution >= 4 is 11.3 Å². The molecule has 3 aromatic rings. The fourth-order valence-corrected chi connectivity index (χ4v) is 3.00. The average molecular weight is 283 g/mol. The Bertz CT molecular complexity index is 643. The minimum absolute atomic E-state index is 0.124. The molecule has 2 aromatic heterocycles. The lowest BCUT2D eigenvalue weighted by Crippen LogP contribution is -2.17. The highest BCUT2D eigenvalue weighted by atomic mass is 32.1. The van der Waals surface area contributed by atoms with Crippen molar-refractivity contribution in [2.24, 2.45) is 5.73 Å². The quantitative estimate of drug-likeness (QED) is 0.781. The molecule has 1 atom stereocenters. The summed E-state index contributed by atoms with van der Waals surface area (Å²) in [4.78, 5) is 4.25. The zero-order chi connectivity index (χ0) is 13.8. The number of hydrogen-bond acceptors (Lipinski definition) is 3. The maximum absolute atomic E-state index is 6.35. The Morgan fingerprint density at radius 3 is 2.80 bits per heavy atom. The maximum Gasteiger partial charge on any atom is 0.0948 e. The SMILES string of the molecule is NC(c1ccccc1)c1cncn1CCc1ccsc1. The van der Waals surface area contributed by atoms with Gasteiger partial charge in [0.05, 0.1) is 24.3 Å². The van der Waals surface area contributed by atoms with Crippen LogP contribution in [0.3, 0.4) is 0 Å². The van der Waals surface area contributed by atoms with Crippen molar-refractivity contribution in [3.63, 3.8) is 0 Å². The van der Waals surface area contributed by atoms with Crippen molar-refractivity contribution in [1.82, 2.24) is 9.55 Å². The van der Waals surface area contributed by atoms with E-state index in [0.717, 1.165) is 24.2 Å². The second kappa shape index (κ2) is 6.03. The minimum atomic E-state index is -0.124. The molecular weight excluding hydrogens is 266 g/mol. The van der Waals surface area contributed by atoms with Gasteiger partial charge in [-0.1, -0.05) is 30.3 Å². The van der Waals surface area contributed by atoms with Gasteiger partial charge < -0.3 is 10.3 Å². The van der Waals surface area contributed by atoms with E-state index < -0.39 is 0 Å². The van der Waals surface area contributed by atoms with Gasteiger partial charge in [0.1, 0.15) is 0 Å². The lowest BCUT2D eigenvalue weighted by molar-refractivity contribution is 0.637. The van der Waals surface area contributed by atoms with Crippen LogP contribution < -0.4 is 5.73 Å². The predicted octanol–water partition coefficient (Wildman–Crippen LogP) is 3.24. The van der Waals surface area contributed by atoms with Crippen LogP contribution in [0.15, 0.2) is 59.7 Å². The monoisotopic (exact) mass is 283 g/mol. The van der Waals surface area contributed by atoms with Crippen LogP contribution in [0.1, 0.15) is 22.9 Å². The Hall–Kier alpha value is -1.91. The van der Waals surface area contributed by atoms with Crippen LogP contribution in [0.5, 0.6) is 0 Å². The van der Waals surface area contributed by atoms with E-state index in [4.69, 9.17) is 5.73 Å². The topological polar surface area (TPSA) is 43.8 Å². The zero-order valence-electron chi connectivity index (χ0n) is 11.1. The van der Waals surface area contributed by atoms with Gasteiger partial charge in [-0.2, -0.15) is 11.3 Å². The van der Waals surface area contributed by atoms with Crippen molar-refractivity contribution in [3.8, 4) is 0 Å². The molecule has 2 heterocycles. The fraction of sp³-hybridized carbons (Fsp3) is 0.188. The van der Waals surface area contributed by atoms with Gasteiger partial charge in [-0.3, -0.25) is 0 Å². The van der Waals surface area contributed by atoms with Gasteiger partial charge >= 0.3 is 0 Å². The Morgan fingerprint density at radius 2 is 2.05 bits per heavy atom. The normalized spacial score (nSPS) is 12.4. The van der Waals surface area contributed by atoms with Crippen molar-refractivity contribution in [2.45, 2.75) is 19.0 Å². The molecule has 0 amide bonds. The first-order valence-electron chi connectivity index (χ1n) is 6.66. The molecule has 0 aliphatic carbocycles. The van der Waals surface area contributed by atoms with Crippen molar-refractivity contribution < 1.29 is 0 Å². The molecule has 3 rings (SSSR count). The number of nitrogens with two attached hydrogens (primary N) is 1. The molecule has 3 nitrogen and oxygen atoms in total. The third-order valence-electron chi connectivity index (χ3n) is 3.44. The summed E-state index contributed by atoms with van der Waals surface area (Å²) in [7, 11) is 0. The standard InChI is InChI=1S/C16H17N3S/c17-16(14-4-2-1-3-5-14)15-10-18-12-19(15)8-6-13-7-9-20-11-13/h1-5,7,9-12,16H,6,8,17H2. The smallest absolute Gasteiger partial charge is 0.0948 e. The number of hydrogen-bond donors (Lipinski definition) is 1. The molecular formula is C16H17N3S. The number of thiophene rings is 1. The molecule has 20 heavy (non-hydrogen) atoms. The first-order chi connectivity index (χ1) is 9.84. The zero-order valence-corrected chi connectivity index (χ0v) is 12.0. The van der Waals surface area contributed by atoms with Crippen LogP contribution >= 0.6 is 11.3 Å². The summed E-state index contributed by atoms with van der Waals surface area (Å²) in [5, 5.41) is 4.30. The van der Waals surface area contributed by atoms with Crippen molar-refractivity contribution in [1.29, 1.82) is 0 Å². The van der Waals surface area contributed by atoms with E-state index in [0.29, 0.717) is 0 Å². The third-order valence-corrected chi connectivity index (χ3v) is 4.18. The van der Waals surface area contributed by atoms with Gasteiger partial charge in [-0.15, -0.1) is 0 Å². The van der Waals surface area contributed by atoms with Crippen LogP contribution in [0.25, 0.3) is 0 Å². The first-order valence-corrected chi connectivity index (χ1v) is 7.60. The highest BCUT2D eigenvalue weighted by molar-refractivity contribution is 7.07. The summed E-state index contributed by atoms with van der Waals surface area (Å²) in [6, 6.07) is 12.2. The molecule has 0 saturated carbocycles. The molecule has 102 valence electrons. The van der Waals surface area contributed by atoms with Crippen LogP contribution in [0, 0.1) is 0 Å². The summed E-state index contributed by atoms with van der Waals surface area (Å²) >= 11 is 1.73. The Balaban J connectivity index is 1.76. The number of aromatic nitrogens is 2. The molecule has 1 aromatic carbocycles. The summed E-state index contributed by atoms with van der Waals surface area (Å²) < 4.78 is 2.15. The molecule has 0 radical (unpaired) electrons. The lowest BCUT2D eigenvalue weighted by Gasteiger charge is -2.15. The average Bonchev–Trinajstić information content (AvgIpc) is 3.16. The number of imidazole rings is 1. The van der Waals surface area contributed by atoms with Gasteiger partial charge in [-0.05, 0) is 34.4 Å². The van der Waals surface area contributed by atoms with Gasteiger partial charge in [0, 0.05) is 6.54 Å². The van der Waals surface area contributed by atoms with Gasteiger partial charge in [-0.25, -0.2) is 4.98 Å². The summed E-state index contributed by atoms with van der Waals surface area (Å²) in [6.07, 6.45) is 4.74. The molecule has 2 N–H and O–H groups in total. The number of nitrogens with zero attached hydrogens (tertiary/aromatic N) is 2. The molecule has 0 fully saturated rings. The highest BCUT2D eigenvalue weighted by Gasteiger charge is 2.13. The molecule has 0 aliphatic rings. The maximum atomic E-state index is 6.35. The van der Waals surface area contributed by atoms with Crippen LogP contribution in [-0.4, -0.2) is 9.55 Å². The van der Waals surface area contributed by atoms with Gasteiger partial charge in [0.15, 0.2) is 0 Å². The second-order valence-electron chi connectivity index (χ2n) is 4.78. The summed E-state index contributed by atoms with van der Waals surface area (Å²) in [5.74, 6) is 0. The van der Waals surface area contributed by atoms with Gasteiger partial charge in [0.25, 0.3) is 0 Å². The van der Waals surface area contributed by atoms with E-state index in [2.05, 4.69) is 38.5 Å². The Labute approximate surface area is 122 Å². The minimum Gasteiger partial charge on any atom is -0.333 e. The Kier molecular flexibility index (Phi) is 3.95. The van der Waals surface area contributed by atoms with E-state index >= 15 is 0 Å². The molecule has 0 saturated heterocycles. The molecule has 1 unspecified atom stereocenters. The molecule has 4 heteroatoms. The van der Waals surface area contributed by atoms with Crippen molar-refractivity contribution in [3.05, 3.63) is 76.5 Å².